The zero-order valence-electron chi connectivity index (χ0n) is 11.9. The Balaban J connectivity index is 2.24. The molecule has 2 aromatic carbocycles. The third-order valence-electron chi connectivity index (χ3n) is 3.10. The monoisotopic (exact) mass is 358 g/mol. The van der Waals surface area contributed by atoms with Gasteiger partial charge in [0, 0.05) is 16.7 Å². The topological polar surface area (TPSA) is 72.2 Å². The maximum absolute atomic E-state index is 13.0. The van der Waals surface area contributed by atoms with Crippen LogP contribution in [0.2, 0.25) is 5.02 Å². The summed E-state index contributed by atoms with van der Waals surface area (Å²) in [5.74, 6) is -0.808. The summed E-state index contributed by atoms with van der Waals surface area (Å²) in [6, 6.07) is 8.44. The highest BCUT2D eigenvalue weighted by atomic mass is 35.5. The summed E-state index contributed by atoms with van der Waals surface area (Å²) >= 11 is 5.56. The SMILES string of the molecule is O=C(Cc1ccccc1[N+](=O)[O-])Nc1ccc(Cl)cc1C(F)(F)F. The lowest BCUT2D eigenvalue weighted by atomic mass is 10.1. The van der Waals surface area contributed by atoms with Gasteiger partial charge in [-0.25, -0.2) is 0 Å². The number of hydrogen-bond donors (Lipinski definition) is 1. The highest BCUT2D eigenvalue weighted by Gasteiger charge is 2.34. The van der Waals surface area contributed by atoms with E-state index in [1.54, 1.807) is 0 Å². The van der Waals surface area contributed by atoms with Crippen LogP contribution >= 0.6 is 11.6 Å². The number of halogens is 4. The molecule has 2 rings (SSSR count). The third kappa shape index (κ3) is 4.23. The molecule has 0 aromatic heterocycles. The fourth-order valence-electron chi connectivity index (χ4n) is 2.07. The molecule has 0 saturated heterocycles. The van der Waals surface area contributed by atoms with Crippen molar-refractivity contribution < 1.29 is 22.9 Å². The highest BCUT2D eigenvalue weighted by Crippen LogP contribution is 2.36. The molecule has 126 valence electrons. The van der Waals surface area contributed by atoms with Gasteiger partial charge in [0.1, 0.15) is 0 Å². The lowest BCUT2D eigenvalue weighted by Gasteiger charge is -2.14. The van der Waals surface area contributed by atoms with Gasteiger partial charge in [0.2, 0.25) is 5.91 Å². The molecule has 1 N–H and O–H groups in total. The van der Waals surface area contributed by atoms with Gasteiger partial charge in [0.05, 0.1) is 22.6 Å². The number of nitro benzene ring substituents is 1. The highest BCUT2D eigenvalue weighted by molar-refractivity contribution is 6.30. The zero-order valence-corrected chi connectivity index (χ0v) is 12.7. The van der Waals surface area contributed by atoms with Crippen molar-refractivity contribution in [2.75, 3.05) is 5.32 Å². The molecule has 0 aliphatic carbocycles. The van der Waals surface area contributed by atoms with Crippen molar-refractivity contribution in [2.24, 2.45) is 0 Å². The second-order valence-corrected chi connectivity index (χ2v) is 5.23. The fraction of sp³-hybridized carbons (Fsp3) is 0.133. The third-order valence-corrected chi connectivity index (χ3v) is 3.34. The number of anilines is 1. The van der Waals surface area contributed by atoms with Gasteiger partial charge in [0.25, 0.3) is 5.69 Å². The van der Waals surface area contributed by atoms with Crippen molar-refractivity contribution >= 4 is 28.9 Å². The van der Waals surface area contributed by atoms with E-state index < -0.39 is 34.7 Å². The van der Waals surface area contributed by atoms with E-state index in [4.69, 9.17) is 11.6 Å². The molecule has 0 unspecified atom stereocenters. The lowest BCUT2D eigenvalue weighted by Crippen LogP contribution is -2.18. The van der Waals surface area contributed by atoms with Crippen LogP contribution in [-0.2, 0) is 17.4 Å². The van der Waals surface area contributed by atoms with Crippen LogP contribution in [0.3, 0.4) is 0 Å². The summed E-state index contributed by atoms with van der Waals surface area (Å²) in [5, 5.41) is 12.9. The minimum Gasteiger partial charge on any atom is -0.325 e. The number of carbonyl (C=O) groups excluding carboxylic acids is 1. The quantitative estimate of drug-likeness (QED) is 0.648. The predicted octanol–water partition coefficient (Wildman–Crippen LogP) is 4.45. The van der Waals surface area contributed by atoms with Gasteiger partial charge in [-0.05, 0) is 18.2 Å². The molecule has 0 bridgehead atoms. The molecule has 24 heavy (non-hydrogen) atoms. The molecule has 9 heteroatoms. The summed E-state index contributed by atoms with van der Waals surface area (Å²) < 4.78 is 38.9. The van der Waals surface area contributed by atoms with Crippen LogP contribution in [0.15, 0.2) is 42.5 Å². The van der Waals surface area contributed by atoms with Crippen LogP contribution < -0.4 is 5.32 Å². The Hall–Kier alpha value is -2.61. The number of hydrogen-bond acceptors (Lipinski definition) is 3. The van der Waals surface area contributed by atoms with Crippen LogP contribution in [0, 0.1) is 10.1 Å². The standard InChI is InChI=1S/C15H10ClF3N2O3/c16-10-5-6-12(11(8-10)15(17,18)19)20-14(22)7-9-3-1-2-4-13(9)21(23)24/h1-6,8H,7H2,(H,20,22). The predicted molar refractivity (Wildman–Crippen MR) is 81.9 cm³/mol. The molecule has 0 aliphatic heterocycles. The number of nitrogens with zero attached hydrogens (tertiary/aromatic N) is 1. The Kier molecular flexibility index (Phi) is 5.08. The van der Waals surface area contributed by atoms with E-state index in [0.717, 1.165) is 6.07 Å². The van der Waals surface area contributed by atoms with Crippen molar-refractivity contribution in [3.05, 3.63) is 68.7 Å². The van der Waals surface area contributed by atoms with Gasteiger partial charge in [-0.3, -0.25) is 14.9 Å². The minimum atomic E-state index is -4.70. The smallest absolute Gasteiger partial charge is 0.325 e. The molecule has 0 fully saturated rings. The number of para-hydroxylation sites is 1. The molecular weight excluding hydrogens is 349 g/mol. The molecule has 2 aromatic rings. The maximum atomic E-state index is 13.0. The number of nitrogens with one attached hydrogen (secondary N) is 1. The normalized spacial score (nSPS) is 11.2. The molecule has 0 saturated carbocycles. The Morgan fingerprint density at radius 2 is 1.88 bits per heavy atom. The van der Waals surface area contributed by atoms with Crippen molar-refractivity contribution in [1.82, 2.24) is 0 Å². The first-order valence-corrected chi connectivity index (χ1v) is 6.95. The van der Waals surface area contributed by atoms with Crippen molar-refractivity contribution in [1.29, 1.82) is 0 Å². The van der Waals surface area contributed by atoms with Gasteiger partial charge in [-0.15, -0.1) is 0 Å². The van der Waals surface area contributed by atoms with Crippen LogP contribution in [-0.4, -0.2) is 10.8 Å². The summed E-state index contributed by atoms with van der Waals surface area (Å²) in [5.41, 5.74) is -1.73. The number of nitro groups is 1. The van der Waals surface area contributed by atoms with Gasteiger partial charge < -0.3 is 5.32 Å². The van der Waals surface area contributed by atoms with Gasteiger partial charge in [0.15, 0.2) is 0 Å². The summed E-state index contributed by atoms with van der Waals surface area (Å²) in [6.07, 6.45) is -5.14. The number of alkyl halides is 3. The summed E-state index contributed by atoms with van der Waals surface area (Å²) in [4.78, 5) is 22.2. The molecule has 0 spiro atoms. The second kappa shape index (κ2) is 6.88. The minimum absolute atomic E-state index is 0.0996. The van der Waals surface area contributed by atoms with Gasteiger partial charge >= 0.3 is 6.18 Å². The number of benzene rings is 2. The molecule has 5 nitrogen and oxygen atoms in total. The van der Waals surface area contributed by atoms with E-state index in [1.807, 2.05) is 0 Å². The molecule has 0 atom stereocenters. The molecule has 1 amide bonds. The number of rotatable bonds is 4. The van der Waals surface area contributed by atoms with Gasteiger partial charge in [-0.2, -0.15) is 13.2 Å². The molecule has 0 radical (unpaired) electrons. The average Bonchev–Trinajstić information content (AvgIpc) is 2.48. The van der Waals surface area contributed by atoms with Crippen molar-refractivity contribution in [3.8, 4) is 0 Å². The van der Waals surface area contributed by atoms with Crippen molar-refractivity contribution in [2.45, 2.75) is 12.6 Å². The molecule has 0 aliphatic rings. The fourth-order valence-corrected chi connectivity index (χ4v) is 2.24. The maximum Gasteiger partial charge on any atom is 0.418 e. The second-order valence-electron chi connectivity index (χ2n) is 4.80. The van der Waals surface area contributed by atoms with E-state index >= 15 is 0 Å². The summed E-state index contributed by atoms with van der Waals surface area (Å²) in [7, 11) is 0. The number of amides is 1. The molecule has 0 heterocycles. The Morgan fingerprint density at radius 1 is 1.21 bits per heavy atom. The first kappa shape index (κ1) is 17.7. The van der Waals surface area contributed by atoms with Crippen LogP contribution in [0.25, 0.3) is 0 Å². The largest absolute Gasteiger partial charge is 0.418 e. The molecular formula is C15H10ClF3N2O3. The number of carbonyl (C=O) groups is 1. The average molecular weight is 359 g/mol. The first-order chi connectivity index (χ1) is 11.2. The Labute approximate surface area is 139 Å². The van der Waals surface area contributed by atoms with Crippen LogP contribution in [0.4, 0.5) is 24.5 Å². The van der Waals surface area contributed by atoms with Crippen LogP contribution in [0.1, 0.15) is 11.1 Å². The van der Waals surface area contributed by atoms with E-state index in [9.17, 15) is 28.1 Å². The zero-order chi connectivity index (χ0) is 17.9. The van der Waals surface area contributed by atoms with E-state index in [0.29, 0.717) is 6.07 Å². The Bertz CT molecular complexity index is 794. The van der Waals surface area contributed by atoms with E-state index in [1.165, 1.54) is 30.3 Å². The van der Waals surface area contributed by atoms with E-state index in [-0.39, 0.29) is 16.3 Å². The summed E-state index contributed by atoms with van der Waals surface area (Å²) in [6.45, 7) is 0. The van der Waals surface area contributed by atoms with Gasteiger partial charge in [-0.1, -0.05) is 29.8 Å². The van der Waals surface area contributed by atoms with Crippen LogP contribution in [0.5, 0.6) is 0 Å². The Morgan fingerprint density at radius 3 is 2.50 bits per heavy atom. The lowest BCUT2D eigenvalue weighted by molar-refractivity contribution is -0.385. The van der Waals surface area contributed by atoms with Crippen molar-refractivity contribution in [3.63, 3.8) is 0 Å². The first-order valence-electron chi connectivity index (χ1n) is 6.57. The van der Waals surface area contributed by atoms with E-state index in [2.05, 4.69) is 5.32 Å².